The van der Waals surface area contributed by atoms with Gasteiger partial charge in [0.2, 0.25) is 0 Å². The molecule has 0 bridgehead atoms. The van der Waals surface area contributed by atoms with E-state index in [4.69, 9.17) is 16.3 Å². The summed E-state index contributed by atoms with van der Waals surface area (Å²) < 4.78 is 5.24. The van der Waals surface area contributed by atoms with Crippen LogP contribution in [0.5, 0.6) is 0 Å². The monoisotopic (exact) mass is 279 g/mol. The number of rotatable bonds is 5. The van der Waals surface area contributed by atoms with Crippen LogP contribution >= 0.6 is 11.6 Å². The number of carbonyl (C=O) groups is 1. The molecule has 1 aliphatic carbocycles. The molecule has 0 aromatic heterocycles. The van der Waals surface area contributed by atoms with Crippen LogP contribution in [0.4, 0.5) is 0 Å². The van der Waals surface area contributed by atoms with E-state index in [2.05, 4.69) is 13.0 Å². The minimum absolute atomic E-state index is 0.331. The topological polar surface area (TPSA) is 26.3 Å². The van der Waals surface area contributed by atoms with Gasteiger partial charge in [-0.15, -0.1) is 0 Å². The van der Waals surface area contributed by atoms with Crippen molar-refractivity contribution < 1.29 is 9.53 Å². The Morgan fingerprint density at radius 2 is 2.37 bits per heavy atom. The van der Waals surface area contributed by atoms with Crippen molar-refractivity contribution in [1.82, 2.24) is 0 Å². The van der Waals surface area contributed by atoms with Crippen LogP contribution in [0.1, 0.15) is 49.4 Å². The van der Waals surface area contributed by atoms with Crippen molar-refractivity contribution in [3.8, 4) is 0 Å². The van der Waals surface area contributed by atoms with E-state index in [-0.39, 0.29) is 5.97 Å². The van der Waals surface area contributed by atoms with Gasteiger partial charge in [0.25, 0.3) is 0 Å². The third-order valence-corrected chi connectivity index (χ3v) is 4.01. The summed E-state index contributed by atoms with van der Waals surface area (Å²) in [7, 11) is 0. The Hall–Kier alpha value is -1.02. The van der Waals surface area contributed by atoms with Crippen LogP contribution in [0.25, 0.3) is 0 Å². The maximum absolute atomic E-state index is 11.7. The van der Waals surface area contributed by atoms with Gasteiger partial charge in [-0.3, -0.25) is 0 Å². The lowest BCUT2D eigenvalue weighted by atomic mass is 10.0. The van der Waals surface area contributed by atoms with Crippen molar-refractivity contribution in [2.24, 2.45) is 11.8 Å². The van der Waals surface area contributed by atoms with Crippen LogP contribution in [-0.4, -0.2) is 12.6 Å². The SMILES string of the molecule is CC1CCC(CCCOC(=O)c2[c]ccc(Cl)c2)C1. The second-order valence-corrected chi connectivity index (χ2v) is 5.92. The van der Waals surface area contributed by atoms with Crippen LogP contribution in [0.2, 0.25) is 5.02 Å². The largest absolute Gasteiger partial charge is 0.462 e. The minimum atomic E-state index is -0.331. The van der Waals surface area contributed by atoms with Crippen molar-refractivity contribution in [2.75, 3.05) is 6.61 Å². The highest BCUT2D eigenvalue weighted by atomic mass is 35.5. The first-order valence-electron chi connectivity index (χ1n) is 6.99. The molecule has 2 atom stereocenters. The molecule has 1 saturated carbocycles. The lowest BCUT2D eigenvalue weighted by Gasteiger charge is -2.09. The third-order valence-electron chi connectivity index (χ3n) is 3.78. The Kier molecular flexibility index (Phi) is 5.26. The average molecular weight is 280 g/mol. The molecule has 0 heterocycles. The Morgan fingerprint density at radius 3 is 3.05 bits per heavy atom. The molecule has 19 heavy (non-hydrogen) atoms. The molecule has 1 aromatic carbocycles. The van der Waals surface area contributed by atoms with E-state index in [0.29, 0.717) is 17.2 Å². The van der Waals surface area contributed by atoms with Crippen LogP contribution < -0.4 is 0 Å². The summed E-state index contributed by atoms with van der Waals surface area (Å²) in [5.74, 6) is 1.36. The Morgan fingerprint density at radius 1 is 1.53 bits per heavy atom. The first-order valence-corrected chi connectivity index (χ1v) is 7.37. The van der Waals surface area contributed by atoms with Gasteiger partial charge in [-0.2, -0.15) is 0 Å². The fraction of sp³-hybridized carbons (Fsp3) is 0.562. The number of esters is 1. The van der Waals surface area contributed by atoms with Crippen molar-refractivity contribution in [1.29, 1.82) is 0 Å². The van der Waals surface area contributed by atoms with Gasteiger partial charge in [0.1, 0.15) is 0 Å². The van der Waals surface area contributed by atoms with Gasteiger partial charge in [0.15, 0.2) is 0 Å². The third kappa shape index (κ3) is 4.54. The fourth-order valence-corrected chi connectivity index (χ4v) is 2.93. The summed E-state index contributed by atoms with van der Waals surface area (Å²) in [6.07, 6.45) is 6.12. The standard InChI is InChI=1S/C16H20ClO2/c1-12-7-8-13(10-12)4-3-9-19-16(18)14-5-2-6-15(17)11-14/h2,6,11-13H,3-4,7-10H2,1H3. The van der Waals surface area contributed by atoms with Gasteiger partial charge in [-0.1, -0.05) is 37.4 Å². The number of ether oxygens (including phenoxy) is 1. The van der Waals surface area contributed by atoms with Crippen LogP contribution in [0.3, 0.4) is 0 Å². The average Bonchev–Trinajstić information content (AvgIpc) is 2.80. The van der Waals surface area contributed by atoms with E-state index in [1.807, 2.05) is 0 Å². The molecule has 0 spiro atoms. The summed E-state index contributed by atoms with van der Waals surface area (Å²) in [5.41, 5.74) is 0.405. The molecule has 2 nitrogen and oxygen atoms in total. The molecule has 1 aliphatic rings. The summed E-state index contributed by atoms with van der Waals surface area (Å²) in [4.78, 5) is 11.7. The Labute approximate surface area is 120 Å². The lowest BCUT2D eigenvalue weighted by molar-refractivity contribution is 0.0493. The normalized spacial score (nSPS) is 22.4. The second-order valence-electron chi connectivity index (χ2n) is 5.48. The van der Waals surface area contributed by atoms with E-state index in [1.54, 1.807) is 18.2 Å². The first-order chi connectivity index (χ1) is 9.15. The van der Waals surface area contributed by atoms with Crippen molar-refractivity contribution in [3.05, 3.63) is 34.9 Å². The fourth-order valence-electron chi connectivity index (χ4n) is 2.76. The zero-order valence-corrected chi connectivity index (χ0v) is 12.1. The quantitative estimate of drug-likeness (QED) is 0.585. The van der Waals surface area contributed by atoms with E-state index in [0.717, 1.165) is 24.7 Å². The zero-order chi connectivity index (χ0) is 13.7. The summed E-state index contributed by atoms with van der Waals surface area (Å²) in [6.45, 7) is 2.80. The Balaban J connectivity index is 1.67. The molecular weight excluding hydrogens is 260 g/mol. The highest BCUT2D eigenvalue weighted by Gasteiger charge is 2.20. The molecular formula is C16H20ClO2. The van der Waals surface area contributed by atoms with Gasteiger partial charge in [0.05, 0.1) is 12.2 Å². The maximum atomic E-state index is 11.7. The molecule has 3 heteroatoms. The predicted octanol–water partition coefficient (Wildman–Crippen LogP) is 4.51. The van der Waals surface area contributed by atoms with Crippen molar-refractivity contribution in [2.45, 2.75) is 39.0 Å². The van der Waals surface area contributed by atoms with E-state index < -0.39 is 0 Å². The number of carbonyl (C=O) groups excluding carboxylic acids is 1. The van der Waals surface area contributed by atoms with Crippen LogP contribution in [-0.2, 0) is 4.74 Å². The van der Waals surface area contributed by atoms with E-state index in [9.17, 15) is 4.79 Å². The molecule has 1 fully saturated rings. The van der Waals surface area contributed by atoms with Gasteiger partial charge in [0, 0.05) is 5.02 Å². The highest BCUT2D eigenvalue weighted by Crippen LogP contribution is 2.33. The van der Waals surface area contributed by atoms with Gasteiger partial charge >= 0.3 is 5.97 Å². The molecule has 2 unspecified atom stereocenters. The number of hydrogen-bond acceptors (Lipinski definition) is 2. The second kappa shape index (κ2) is 6.95. The minimum Gasteiger partial charge on any atom is -0.462 e. The van der Waals surface area contributed by atoms with Gasteiger partial charge in [-0.25, -0.2) is 4.79 Å². The molecule has 1 radical (unpaired) electrons. The summed E-state index contributed by atoms with van der Waals surface area (Å²) in [6, 6.07) is 7.76. The van der Waals surface area contributed by atoms with Crippen LogP contribution in [0.15, 0.2) is 18.2 Å². The molecule has 0 amide bonds. The Bertz CT molecular complexity index is 431. The molecule has 103 valence electrons. The molecule has 1 aromatic rings. The molecule has 0 aliphatic heterocycles. The molecule has 0 N–H and O–H groups in total. The summed E-state index contributed by atoms with van der Waals surface area (Å²) in [5, 5.41) is 0.533. The lowest BCUT2D eigenvalue weighted by Crippen LogP contribution is -2.07. The van der Waals surface area contributed by atoms with Crippen molar-refractivity contribution >= 4 is 17.6 Å². The number of hydrogen-bond donors (Lipinski definition) is 0. The van der Waals surface area contributed by atoms with Gasteiger partial charge < -0.3 is 4.74 Å². The van der Waals surface area contributed by atoms with Crippen LogP contribution in [0, 0.1) is 17.9 Å². The smallest absolute Gasteiger partial charge is 0.338 e. The van der Waals surface area contributed by atoms with Gasteiger partial charge in [-0.05, 0) is 49.3 Å². The first kappa shape index (κ1) is 14.4. The summed E-state index contributed by atoms with van der Waals surface area (Å²) >= 11 is 5.82. The van der Waals surface area contributed by atoms with Crippen molar-refractivity contribution in [3.63, 3.8) is 0 Å². The maximum Gasteiger partial charge on any atom is 0.338 e. The number of halogens is 1. The highest BCUT2D eigenvalue weighted by molar-refractivity contribution is 6.30. The van der Waals surface area contributed by atoms with E-state index >= 15 is 0 Å². The van der Waals surface area contributed by atoms with E-state index in [1.165, 1.54) is 19.3 Å². The zero-order valence-electron chi connectivity index (χ0n) is 11.3. The molecule has 2 rings (SSSR count). The predicted molar refractivity (Wildman–Crippen MR) is 76.3 cm³/mol. The number of benzene rings is 1. The molecule has 0 saturated heterocycles.